The molecule has 31 heavy (non-hydrogen) atoms. The highest BCUT2D eigenvalue weighted by molar-refractivity contribution is 8.01. The standard InChI is InChI=1S/C17H21FN4OS.C2HF3O2/c1-12-6-13(21(2)20-12)8-22-10-17(11-22)7-14(9-24-17)23-16-15(18)4-3-5-19-16;3-2(4,5)1(6)7/h3-6,14H,7-11H2,1-2H3;(H,6,7). The number of rotatable bonds is 4. The number of aliphatic carboxylic acids is 1. The molecule has 2 aliphatic heterocycles. The number of aromatic nitrogens is 3. The summed E-state index contributed by atoms with van der Waals surface area (Å²) in [6, 6.07) is 5.11. The average molecular weight is 462 g/mol. The van der Waals surface area contributed by atoms with Gasteiger partial charge in [0.05, 0.1) is 11.4 Å². The minimum Gasteiger partial charge on any atom is -0.475 e. The van der Waals surface area contributed by atoms with Crippen molar-refractivity contribution in [3.05, 3.63) is 41.6 Å². The van der Waals surface area contributed by atoms with E-state index in [0.717, 1.165) is 37.5 Å². The molecule has 2 aliphatic rings. The van der Waals surface area contributed by atoms with Gasteiger partial charge in [-0.25, -0.2) is 14.2 Å². The van der Waals surface area contributed by atoms with E-state index in [1.54, 1.807) is 12.3 Å². The summed E-state index contributed by atoms with van der Waals surface area (Å²) in [5, 5.41) is 11.5. The number of likely N-dealkylation sites (tertiary alicyclic amines) is 1. The average Bonchev–Trinajstić information content (AvgIpc) is 3.20. The Morgan fingerprint density at radius 2 is 2.10 bits per heavy atom. The van der Waals surface area contributed by atoms with Crippen LogP contribution in [0.1, 0.15) is 17.8 Å². The molecular formula is C19H22F4N4O3S. The van der Waals surface area contributed by atoms with Gasteiger partial charge in [-0.2, -0.15) is 18.3 Å². The van der Waals surface area contributed by atoms with E-state index in [2.05, 4.69) is 21.0 Å². The molecule has 4 rings (SSSR count). The molecule has 0 aliphatic carbocycles. The van der Waals surface area contributed by atoms with Crippen LogP contribution in [0, 0.1) is 12.7 Å². The third-order valence-electron chi connectivity index (χ3n) is 4.93. The zero-order chi connectivity index (χ0) is 22.8. The van der Waals surface area contributed by atoms with E-state index in [1.807, 2.05) is 30.4 Å². The fourth-order valence-corrected chi connectivity index (χ4v) is 5.21. The van der Waals surface area contributed by atoms with Gasteiger partial charge in [0.2, 0.25) is 0 Å². The number of halogens is 4. The van der Waals surface area contributed by atoms with Crippen LogP contribution in [0.5, 0.6) is 5.88 Å². The lowest BCUT2D eigenvalue weighted by Gasteiger charge is -2.47. The van der Waals surface area contributed by atoms with Crippen LogP contribution in [0.4, 0.5) is 17.6 Å². The summed E-state index contributed by atoms with van der Waals surface area (Å²) in [6.45, 7) is 5.05. The van der Waals surface area contributed by atoms with Gasteiger partial charge in [0, 0.05) is 49.8 Å². The number of ether oxygens (including phenoxy) is 1. The third-order valence-corrected chi connectivity index (χ3v) is 6.50. The van der Waals surface area contributed by atoms with Gasteiger partial charge >= 0.3 is 12.1 Å². The van der Waals surface area contributed by atoms with Crippen LogP contribution in [-0.4, -0.2) is 66.6 Å². The van der Waals surface area contributed by atoms with Gasteiger partial charge in [0.15, 0.2) is 5.82 Å². The summed E-state index contributed by atoms with van der Waals surface area (Å²) >= 11 is 1.95. The van der Waals surface area contributed by atoms with Gasteiger partial charge in [-0.15, -0.1) is 11.8 Å². The molecule has 1 unspecified atom stereocenters. The largest absolute Gasteiger partial charge is 0.490 e. The number of pyridine rings is 1. The van der Waals surface area contributed by atoms with Crippen molar-refractivity contribution in [1.29, 1.82) is 0 Å². The van der Waals surface area contributed by atoms with Crippen LogP contribution >= 0.6 is 11.8 Å². The Morgan fingerprint density at radius 1 is 1.42 bits per heavy atom. The number of carboxylic acid groups (broad SMARTS) is 1. The Hall–Kier alpha value is -2.34. The van der Waals surface area contributed by atoms with E-state index in [4.69, 9.17) is 14.6 Å². The van der Waals surface area contributed by atoms with Gasteiger partial charge in [-0.05, 0) is 25.1 Å². The van der Waals surface area contributed by atoms with Crippen LogP contribution in [0.25, 0.3) is 0 Å². The maximum atomic E-state index is 13.7. The Bertz CT molecular complexity index is 931. The SMILES string of the molecule is Cc1cc(CN2CC3(CC(Oc4ncccc4F)CS3)C2)n(C)n1.O=C(O)C(F)(F)F. The van der Waals surface area contributed by atoms with E-state index >= 15 is 0 Å². The van der Waals surface area contributed by atoms with Crippen molar-refractivity contribution in [2.24, 2.45) is 7.05 Å². The second kappa shape index (κ2) is 9.03. The predicted molar refractivity (Wildman–Crippen MR) is 105 cm³/mol. The molecule has 2 saturated heterocycles. The number of aryl methyl sites for hydroxylation is 2. The highest BCUT2D eigenvalue weighted by atomic mass is 32.2. The Kier molecular flexibility index (Phi) is 6.79. The molecule has 2 fully saturated rings. The molecule has 0 bridgehead atoms. The number of carbonyl (C=O) groups is 1. The first kappa shape index (κ1) is 23.3. The Balaban J connectivity index is 0.000000339. The molecule has 0 aromatic carbocycles. The van der Waals surface area contributed by atoms with E-state index in [1.165, 1.54) is 11.8 Å². The monoisotopic (exact) mass is 462 g/mol. The van der Waals surface area contributed by atoms with Crippen molar-refractivity contribution in [3.8, 4) is 5.88 Å². The van der Waals surface area contributed by atoms with E-state index < -0.39 is 12.1 Å². The Labute approximate surface area is 180 Å². The minimum absolute atomic E-state index is 0.0421. The smallest absolute Gasteiger partial charge is 0.475 e. The molecule has 12 heteroatoms. The van der Waals surface area contributed by atoms with Crippen molar-refractivity contribution in [3.63, 3.8) is 0 Å². The van der Waals surface area contributed by atoms with Crippen molar-refractivity contribution in [2.45, 2.75) is 36.9 Å². The third kappa shape index (κ3) is 5.88. The van der Waals surface area contributed by atoms with Gasteiger partial charge in [0.25, 0.3) is 5.88 Å². The van der Waals surface area contributed by atoms with Crippen molar-refractivity contribution in [1.82, 2.24) is 19.7 Å². The summed E-state index contributed by atoms with van der Waals surface area (Å²) in [5.41, 5.74) is 2.30. The number of thioether (sulfide) groups is 1. The second-order valence-corrected chi connectivity index (χ2v) is 9.07. The lowest BCUT2D eigenvalue weighted by Crippen LogP contribution is -2.58. The molecule has 0 radical (unpaired) electrons. The summed E-state index contributed by atoms with van der Waals surface area (Å²) in [4.78, 5) is 15.3. The summed E-state index contributed by atoms with van der Waals surface area (Å²) in [7, 11) is 1.99. The number of carboxylic acids is 1. The molecule has 7 nitrogen and oxygen atoms in total. The summed E-state index contributed by atoms with van der Waals surface area (Å²) in [5.74, 6) is -2.12. The highest BCUT2D eigenvalue weighted by Gasteiger charge is 2.49. The summed E-state index contributed by atoms with van der Waals surface area (Å²) < 4.78 is 53.4. The van der Waals surface area contributed by atoms with Crippen molar-refractivity contribution < 1.29 is 32.2 Å². The fourth-order valence-electron chi connectivity index (χ4n) is 3.64. The predicted octanol–water partition coefficient (Wildman–Crippen LogP) is 3.03. The highest BCUT2D eigenvalue weighted by Crippen LogP contribution is 2.46. The first-order chi connectivity index (χ1) is 14.5. The van der Waals surface area contributed by atoms with Crippen LogP contribution in [0.3, 0.4) is 0 Å². The zero-order valence-corrected chi connectivity index (χ0v) is 17.7. The Morgan fingerprint density at radius 3 is 2.65 bits per heavy atom. The molecule has 1 atom stereocenters. The topological polar surface area (TPSA) is 80.5 Å². The maximum Gasteiger partial charge on any atom is 0.490 e. The number of nitrogens with zero attached hydrogens (tertiary/aromatic N) is 4. The van der Waals surface area contributed by atoms with Crippen LogP contribution in [0.15, 0.2) is 24.4 Å². The van der Waals surface area contributed by atoms with Crippen molar-refractivity contribution in [2.75, 3.05) is 18.8 Å². The quantitative estimate of drug-likeness (QED) is 0.700. The van der Waals surface area contributed by atoms with Gasteiger partial charge in [0.1, 0.15) is 6.10 Å². The van der Waals surface area contributed by atoms with Gasteiger partial charge < -0.3 is 9.84 Å². The van der Waals surface area contributed by atoms with Gasteiger partial charge in [-0.3, -0.25) is 9.58 Å². The zero-order valence-electron chi connectivity index (χ0n) is 16.9. The lowest BCUT2D eigenvalue weighted by atomic mass is 9.93. The molecule has 0 amide bonds. The summed E-state index contributed by atoms with van der Waals surface area (Å²) in [6.07, 6.45) is -2.52. The van der Waals surface area contributed by atoms with Crippen LogP contribution in [0.2, 0.25) is 0 Å². The molecule has 2 aromatic rings. The fraction of sp³-hybridized carbons (Fsp3) is 0.526. The van der Waals surface area contributed by atoms with E-state index in [-0.39, 0.29) is 22.5 Å². The number of hydrogen-bond donors (Lipinski definition) is 1. The van der Waals surface area contributed by atoms with Crippen LogP contribution < -0.4 is 4.74 Å². The molecule has 2 aromatic heterocycles. The van der Waals surface area contributed by atoms with E-state index in [0.29, 0.717) is 0 Å². The number of alkyl halides is 3. The van der Waals surface area contributed by atoms with E-state index in [9.17, 15) is 17.6 Å². The lowest BCUT2D eigenvalue weighted by molar-refractivity contribution is -0.192. The molecule has 170 valence electrons. The van der Waals surface area contributed by atoms with Gasteiger partial charge in [-0.1, -0.05) is 0 Å². The molecule has 4 heterocycles. The van der Waals surface area contributed by atoms with Crippen molar-refractivity contribution >= 4 is 17.7 Å². The van der Waals surface area contributed by atoms with Crippen LogP contribution in [-0.2, 0) is 18.4 Å². The molecule has 0 saturated carbocycles. The second-order valence-electron chi connectivity index (χ2n) is 7.58. The first-order valence-corrected chi connectivity index (χ1v) is 10.4. The first-order valence-electron chi connectivity index (χ1n) is 9.40. The molecular weight excluding hydrogens is 440 g/mol. The normalized spacial score (nSPS) is 20.1. The molecule has 1 N–H and O–H groups in total. The molecule has 1 spiro atoms. The maximum absolute atomic E-state index is 13.7. The number of hydrogen-bond acceptors (Lipinski definition) is 6. The minimum atomic E-state index is -5.08.